The number of aliphatic hydroxyl groups is 1. The Morgan fingerprint density at radius 3 is 2.41 bits per heavy atom. The smallest absolute Gasteiger partial charge is 0.224 e. The van der Waals surface area contributed by atoms with Crippen LogP contribution in [0, 0.1) is 0 Å². The summed E-state index contributed by atoms with van der Waals surface area (Å²) in [6.45, 7) is 3.81. The van der Waals surface area contributed by atoms with Crippen LogP contribution in [0.2, 0.25) is 0 Å². The van der Waals surface area contributed by atoms with Crippen molar-refractivity contribution in [3.8, 4) is 0 Å². The first-order valence-corrected chi connectivity index (χ1v) is 5.69. The molecule has 0 spiro atoms. The van der Waals surface area contributed by atoms with Gasteiger partial charge in [0, 0.05) is 17.6 Å². The molecule has 0 atom stereocenters. The molecule has 0 aliphatic rings. The highest BCUT2D eigenvalue weighted by atomic mass is 16.3. The van der Waals surface area contributed by atoms with E-state index in [1.807, 2.05) is 13.8 Å². The molecule has 4 heteroatoms. The highest BCUT2D eigenvalue weighted by Gasteiger charge is 2.13. The lowest BCUT2D eigenvalue weighted by Gasteiger charge is -2.17. The summed E-state index contributed by atoms with van der Waals surface area (Å²) < 4.78 is 0. The Bertz CT molecular complexity index is 366. The third kappa shape index (κ3) is 5.47. The lowest BCUT2D eigenvalue weighted by Crippen LogP contribution is -2.33. The Hall–Kier alpha value is -1.39. The molecule has 4 N–H and O–H groups in total. The van der Waals surface area contributed by atoms with Gasteiger partial charge in [-0.1, -0.05) is 12.1 Å². The van der Waals surface area contributed by atoms with Crippen LogP contribution < -0.4 is 11.1 Å². The maximum Gasteiger partial charge on any atom is 0.224 e. The van der Waals surface area contributed by atoms with E-state index in [9.17, 15) is 4.79 Å². The Morgan fingerprint density at radius 1 is 1.35 bits per heavy atom. The van der Waals surface area contributed by atoms with Gasteiger partial charge in [0.1, 0.15) is 0 Å². The molecule has 1 aromatic carbocycles. The van der Waals surface area contributed by atoms with Gasteiger partial charge >= 0.3 is 0 Å². The van der Waals surface area contributed by atoms with Gasteiger partial charge in [0.05, 0.1) is 6.61 Å². The average molecular weight is 236 g/mol. The van der Waals surface area contributed by atoms with Gasteiger partial charge in [-0.25, -0.2) is 0 Å². The second-order valence-corrected chi connectivity index (χ2v) is 4.89. The second kappa shape index (κ2) is 5.80. The van der Waals surface area contributed by atoms with Crippen LogP contribution in [0.1, 0.15) is 32.3 Å². The summed E-state index contributed by atoms with van der Waals surface area (Å²) in [5.41, 5.74) is 7.05. The van der Waals surface area contributed by atoms with Crippen LogP contribution in [0.15, 0.2) is 24.3 Å². The van der Waals surface area contributed by atoms with Crippen molar-refractivity contribution in [3.05, 3.63) is 29.8 Å². The molecule has 1 aromatic rings. The van der Waals surface area contributed by atoms with Gasteiger partial charge in [-0.2, -0.15) is 0 Å². The molecule has 0 unspecified atom stereocenters. The maximum absolute atomic E-state index is 11.6. The Labute approximate surface area is 102 Å². The van der Waals surface area contributed by atoms with Crippen molar-refractivity contribution in [3.63, 3.8) is 0 Å². The fourth-order valence-electron chi connectivity index (χ4n) is 1.35. The van der Waals surface area contributed by atoms with E-state index >= 15 is 0 Å². The van der Waals surface area contributed by atoms with E-state index in [1.54, 1.807) is 24.3 Å². The molecule has 0 radical (unpaired) electrons. The molecule has 4 nitrogen and oxygen atoms in total. The summed E-state index contributed by atoms with van der Waals surface area (Å²) in [6.07, 6.45) is 1.05. The molecular formula is C13H20N2O2. The lowest BCUT2D eigenvalue weighted by molar-refractivity contribution is -0.116. The molecule has 0 bridgehead atoms. The van der Waals surface area contributed by atoms with Crippen LogP contribution in [0.25, 0.3) is 0 Å². The zero-order valence-corrected chi connectivity index (χ0v) is 10.4. The van der Waals surface area contributed by atoms with Crippen molar-refractivity contribution in [2.45, 2.75) is 38.8 Å². The highest BCUT2D eigenvalue weighted by Crippen LogP contribution is 2.12. The molecule has 0 saturated heterocycles. The predicted octanol–water partition coefficient (Wildman–Crippen LogP) is 1.63. The predicted molar refractivity (Wildman–Crippen MR) is 68.5 cm³/mol. The van der Waals surface area contributed by atoms with Gasteiger partial charge in [0.25, 0.3) is 0 Å². The van der Waals surface area contributed by atoms with Gasteiger partial charge in [0.2, 0.25) is 5.91 Å². The van der Waals surface area contributed by atoms with Crippen molar-refractivity contribution >= 4 is 11.6 Å². The number of amides is 1. The van der Waals surface area contributed by atoms with Crippen LogP contribution in [-0.2, 0) is 11.4 Å². The Balaban J connectivity index is 2.45. The van der Waals surface area contributed by atoms with Gasteiger partial charge in [-0.05, 0) is 38.0 Å². The van der Waals surface area contributed by atoms with Crippen LogP contribution in [-0.4, -0.2) is 16.6 Å². The third-order valence-electron chi connectivity index (χ3n) is 2.42. The van der Waals surface area contributed by atoms with Gasteiger partial charge in [-0.15, -0.1) is 0 Å². The quantitative estimate of drug-likeness (QED) is 0.727. The number of anilines is 1. The van der Waals surface area contributed by atoms with Crippen molar-refractivity contribution < 1.29 is 9.90 Å². The van der Waals surface area contributed by atoms with Crippen LogP contribution in [0.3, 0.4) is 0 Å². The number of benzene rings is 1. The van der Waals surface area contributed by atoms with Gasteiger partial charge in [0.15, 0.2) is 0 Å². The minimum atomic E-state index is -0.321. The average Bonchev–Trinajstić information content (AvgIpc) is 2.27. The first-order chi connectivity index (χ1) is 7.90. The van der Waals surface area contributed by atoms with Crippen molar-refractivity contribution in [1.82, 2.24) is 0 Å². The molecule has 1 rings (SSSR count). The normalized spacial score (nSPS) is 11.3. The number of hydrogen-bond acceptors (Lipinski definition) is 3. The lowest BCUT2D eigenvalue weighted by atomic mass is 10.00. The zero-order valence-electron chi connectivity index (χ0n) is 10.4. The minimum Gasteiger partial charge on any atom is -0.392 e. The van der Waals surface area contributed by atoms with Crippen molar-refractivity contribution in [1.29, 1.82) is 0 Å². The van der Waals surface area contributed by atoms with E-state index in [0.717, 1.165) is 11.3 Å². The number of carbonyl (C=O) groups excluding carboxylic acids is 1. The summed E-state index contributed by atoms with van der Waals surface area (Å²) in [7, 11) is 0. The zero-order chi connectivity index (χ0) is 12.9. The van der Waals surface area contributed by atoms with Crippen molar-refractivity contribution in [2.75, 3.05) is 5.32 Å². The fourth-order valence-corrected chi connectivity index (χ4v) is 1.35. The molecule has 0 aliphatic carbocycles. The molecule has 17 heavy (non-hydrogen) atoms. The maximum atomic E-state index is 11.6. The standard InChI is InChI=1S/C13H20N2O2/c1-13(2,14)8-7-12(17)15-11-5-3-10(9-16)4-6-11/h3-6,16H,7-9,14H2,1-2H3,(H,15,17). The summed E-state index contributed by atoms with van der Waals surface area (Å²) in [5.74, 6) is -0.0414. The minimum absolute atomic E-state index is 0.00951. The fraction of sp³-hybridized carbons (Fsp3) is 0.462. The first kappa shape index (κ1) is 13.7. The number of aliphatic hydroxyl groups excluding tert-OH is 1. The molecule has 1 amide bonds. The highest BCUT2D eigenvalue weighted by molar-refractivity contribution is 5.90. The first-order valence-electron chi connectivity index (χ1n) is 5.69. The summed E-state index contributed by atoms with van der Waals surface area (Å²) in [4.78, 5) is 11.6. The molecule has 0 saturated carbocycles. The monoisotopic (exact) mass is 236 g/mol. The molecule has 0 fully saturated rings. The van der Waals surface area contributed by atoms with Crippen LogP contribution in [0.5, 0.6) is 0 Å². The Kier molecular flexibility index (Phi) is 4.66. The molecule has 94 valence electrons. The van der Waals surface area contributed by atoms with Crippen molar-refractivity contribution in [2.24, 2.45) is 5.73 Å². The molecular weight excluding hydrogens is 216 g/mol. The Morgan fingerprint density at radius 2 is 1.94 bits per heavy atom. The van der Waals surface area contributed by atoms with E-state index in [0.29, 0.717) is 12.8 Å². The number of nitrogens with two attached hydrogens (primary N) is 1. The molecule has 0 aliphatic heterocycles. The molecule has 0 aromatic heterocycles. The van der Waals surface area contributed by atoms with E-state index in [4.69, 9.17) is 10.8 Å². The second-order valence-electron chi connectivity index (χ2n) is 4.89. The summed E-state index contributed by atoms with van der Waals surface area (Å²) >= 11 is 0. The number of nitrogens with one attached hydrogen (secondary N) is 1. The third-order valence-corrected chi connectivity index (χ3v) is 2.42. The van der Waals surface area contributed by atoms with E-state index in [2.05, 4.69) is 5.32 Å². The van der Waals surface area contributed by atoms with E-state index in [-0.39, 0.29) is 18.1 Å². The topological polar surface area (TPSA) is 75.4 Å². The van der Waals surface area contributed by atoms with E-state index < -0.39 is 0 Å². The van der Waals surface area contributed by atoms with Crippen LogP contribution >= 0.6 is 0 Å². The molecule has 0 heterocycles. The van der Waals surface area contributed by atoms with Crippen LogP contribution in [0.4, 0.5) is 5.69 Å². The van der Waals surface area contributed by atoms with Gasteiger partial charge in [-0.3, -0.25) is 4.79 Å². The number of rotatable bonds is 5. The van der Waals surface area contributed by atoms with Gasteiger partial charge < -0.3 is 16.2 Å². The summed E-state index contributed by atoms with van der Waals surface area (Å²) in [5, 5.41) is 11.7. The largest absolute Gasteiger partial charge is 0.392 e. The van der Waals surface area contributed by atoms with E-state index in [1.165, 1.54) is 0 Å². The number of hydrogen-bond donors (Lipinski definition) is 3. The summed E-state index contributed by atoms with van der Waals surface area (Å²) in [6, 6.07) is 7.11. The SMILES string of the molecule is CC(C)(N)CCC(=O)Nc1ccc(CO)cc1. The number of carbonyl (C=O) groups is 1.